The van der Waals surface area contributed by atoms with Gasteiger partial charge in [-0.1, -0.05) is 19.4 Å². The minimum atomic E-state index is -0.755. The second kappa shape index (κ2) is 12.1. The van der Waals surface area contributed by atoms with E-state index in [0.717, 1.165) is 45.1 Å². The van der Waals surface area contributed by atoms with Gasteiger partial charge in [-0.05, 0) is 93.1 Å². The Labute approximate surface area is 267 Å². The van der Waals surface area contributed by atoms with E-state index in [0.29, 0.717) is 60.7 Å². The summed E-state index contributed by atoms with van der Waals surface area (Å²) >= 11 is 0. The zero-order valence-corrected chi connectivity index (χ0v) is 26.7. The van der Waals surface area contributed by atoms with E-state index in [1.807, 2.05) is 11.8 Å². The maximum atomic E-state index is 17.0. The van der Waals surface area contributed by atoms with Gasteiger partial charge >= 0.3 is 6.01 Å². The lowest BCUT2D eigenvalue weighted by Crippen LogP contribution is -2.50. The van der Waals surface area contributed by atoms with E-state index < -0.39 is 17.7 Å². The maximum absolute atomic E-state index is 17.0. The first-order chi connectivity index (χ1) is 22.2. The molecule has 2 saturated heterocycles. The predicted octanol–water partition coefficient (Wildman–Crippen LogP) is 6.00. The topological polar surface area (TPSA) is 104 Å². The third-order valence-electron chi connectivity index (χ3n) is 10.4. The van der Waals surface area contributed by atoms with Gasteiger partial charge in [0.05, 0.1) is 19.8 Å². The second-order valence-electron chi connectivity index (χ2n) is 13.2. The quantitative estimate of drug-likeness (QED) is 0.254. The highest BCUT2D eigenvalue weighted by molar-refractivity contribution is 6.03. The van der Waals surface area contributed by atoms with Gasteiger partial charge in [0.2, 0.25) is 5.88 Å². The molecule has 0 spiro atoms. The Balaban J connectivity index is 1.42. The van der Waals surface area contributed by atoms with Crippen molar-refractivity contribution in [2.45, 2.75) is 70.4 Å². The number of pyridine rings is 1. The average Bonchev–Trinajstić information content (AvgIpc) is 3.49. The first kappa shape index (κ1) is 30.8. The monoisotopic (exact) mass is 633 g/mol. The Hall–Kier alpha value is -3.83. The van der Waals surface area contributed by atoms with Gasteiger partial charge in [0, 0.05) is 30.1 Å². The van der Waals surface area contributed by atoms with E-state index in [-0.39, 0.29) is 45.2 Å². The molecule has 2 aromatic carbocycles. The molecule has 2 N–H and O–H groups in total. The zero-order valence-electron chi connectivity index (χ0n) is 26.7. The van der Waals surface area contributed by atoms with Crippen LogP contribution in [-0.2, 0) is 6.42 Å². The number of rotatable bonds is 7. The van der Waals surface area contributed by atoms with Crippen molar-refractivity contribution in [2.75, 3.05) is 45.3 Å². The number of aliphatic hydroxyl groups is 1. The molecule has 3 fully saturated rings. The number of aromatic nitrogens is 3. The molecule has 9 nitrogen and oxygen atoms in total. The zero-order chi connectivity index (χ0) is 32.2. The molecule has 3 unspecified atom stereocenters. The first-order valence-corrected chi connectivity index (χ1v) is 16.4. The molecule has 1 saturated carbocycles. The molecule has 244 valence electrons. The summed E-state index contributed by atoms with van der Waals surface area (Å²) in [6.07, 6.45) is 6.63. The Bertz CT molecular complexity index is 1810. The standard InChI is InChI=1S/C35H41F2N5O4/c1-4-23-25(36)11-10-20-16-22(44)17-24(27(20)23)30-29(37)31-28(33(38-30)45-3)32(42-15-6-8-21(43)18-42)40-34(39-31)46-19-35-12-5-9-26(35)41(2)14-7-13-35/h10-11,16-17,21,26,43-44H,4-9,12-15,18-19H2,1-3H3. The summed E-state index contributed by atoms with van der Waals surface area (Å²) < 4.78 is 44.2. The van der Waals surface area contributed by atoms with Crippen LogP contribution in [0.4, 0.5) is 14.6 Å². The van der Waals surface area contributed by atoms with E-state index >= 15 is 8.78 Å². The lowest BCUT2D eigenvalue weighted by atomic mass is 9.76. The van der Waals surface area contributed by atoms with Crippen LogP contribution in [-0.4, -0.2) is 82.6 Å². The lowest BCUT2D eigenvalue weighted by Gasteiger charge is -2.44. The second-order valence-corrected chi connectivity index (χ2v) is 13.2. The van der Waals surface area contributed by atoms with E-state index in [1.165, 1.54) is 25.3 Å². The van der Waals surface area contributed by atoms with Crippen molar-refractivity contribution in [1.82, 2.24) is 19.9 Å². The first-order valence-electron chi connectivity index (χ1n) is 16.4. The normalized spacial score (nSPS) is 23.7. The number of methoxy groups -OCH3 is 1. The number of phenolic OH excluding ortho intramolecular Hbond substituents is 1. The van der Waals surface area contributed by atoms with Crippen molar-refractivity contribution in [3.05, 3.63) is 41.5 Å². The number of likely N-dealkylation sites (tertiary alicyclic amines) is 1. The summed E-state index contributed by atoms with van der Waals surface area (Å²) in [7, 11) is 3.62. The van der Waals surface area contributed by atoms with Crippen LogP contribution in [0.25, 0.3) is 32.9 Å². The number of hydrogen-bond acceptors (Lipinski definition) is 9. The number of aliphatic hydroxyl groups excluding tert-OH is 1. The molecule has 4 heterocycles. The Morgan fingerprint density at radius 3 is 2.63 bits per heavy atom. The summed E-state index contributed by atoms with van der Waals surface area (Å²) in [6.45, 7) is 4.22. The predicted molar refractivity (Wildman–Crippen MR) is 173 cm³/mol. The molecule has 11 heteroatoms. The van der Waals surface area contributed by atoms with Crippen molar-refractivity contribution < 1.29 is 28.5 Å². The number of aryl methyl sites for hydroxylation is 1. The van der Waals surface area contributed by atoms with Crippen LogP contribution in [0, 0.1) is 17.0 Å². The molecule has 1 aliphatic carbocycles. The highest BCUT2D eigenvalue weighted by atomic mass is 19.1. The number of halogens is 2. The number of nitrogens with zero attached hydrogens (tertiary/aromatic N) is 5. The third-order valence-corrected chi connectivity index (χ3v) is 10.4. The summed E-state index contributed by atoms with van der Waals surface area (Å²) in [6, 6.07) is 6.31. The molecule has 0 bridgehead atoms. The van der Waals surface area contributed by atoms with Crippen LogP contribution in [0.5, 0.6) is 17.6 Å². The number of benzene rings is 2. The van der Waals surface area contributed by atoms with Gasteiger partial charge in [-0.2, -0.15) is 9.97 Å². The Kier molecular flexibility index (Phi) is 8.09. The number of piperidine rings is 2. The number of fused-ring (bicyclic) bond motifs is 3. The third kappa shape index (κ3) is 5.17. The fourth-order valence-corrected chi connectivity index (χ4v) is 8.29. The fraction of sp³-hybridized carbons (Fsp3) is 0.514. The van der Waals surface area contributed by atoms with Crippen LogP contribution < -0.4 is 14.4 Å². The number of phenols is 1. The van der Waals surface area contributed by atoms with Gasteiger partial charge in [-0.25, -0.2) is 13.8 Å². The molecule has 0 radical (unpaired) electrons. The van der Waals surface area contributed by atoms with Crippen LogP contribution in [0.1, 0.15) is 57.4 Å². The van der Waals surface area contributed by atoms with Gasteiger partial charge < -0.3 is 29.5 Å². The van der Waals surface area contributed by atoms with Crippen LogP contribution >= 0.6 is 0 Å². The van der Waals surface area contributed by atoms with E-state index in [4.69, 9.17) is 14.5 Å². The SMILES string of the molecule is CCc1c(F)ccc2cc(O)cc(-c3nc(OC)c4c(N5CCCC(O)C5)nc(OCC56CCCC5N(C)CCC6)nc4c3F)c12. The molecule has 0 amide bonds. The highest BCUT2D eigenvalue weighted by Crippen LogP contribution is 2.48. The van der Waals surface area contributed by atoms with Gasteiger partial charge in [0.1, 0.15) is 34.0 Å². The number of hydrogen-bond donors (Lipinski definition) is 2. The van der Waals surface area contributed by atoms with Gasteiger partial charge in [0.25, 0.3) is 0 Å². The largest absolute Gasteiger partial charge is 0.508 e. The molecule has 2 aromatic heterocycles. The van der Waals surface area contributed by atoms with Crippen molar-refractivity contribution in [1.29, 1.82) is 0 Å². The minimum absolute atomic E-state index is 0.0203. The Morgan fingerprint density at radius 2 is 1.85 bits per heavy atom. The number of β-amino-alcohol motifs (C(OH)–C–C–N with tert-alkyl or cyclic N) is 1. The lowest BCUT2D eigenvalue weighted by molar-refractivity contribution is 0.0133. The maximum Gasteiger partial charge on any atom is 0.319 e. The van der Waals surface area contributed by atoms with Crippen LogP contribution in [0.2, 0.25) is 0 Å². The summed E-state index contributed by atoms with van der Waals surface area (Å²) in [5, 5.41) is 22.5. The Morgan fingerprint density at radius 1 is 1.02 bits per heavy atom. The van der Waals surface area contributed by atoms with Crippen molar-refractivity contribution in [3.63, 3.8) is 0 Å². The van der Waals surface area contributed by atoms with Crippen LogP contribution in [0.15, 0.2) is 24.3 Å². The molecule has 4 aromatic rings. The molecular weight excluding hydrogens is 592 g/mol. The molecule has 3 aliphatic rings. The highest BCUT2D eigenvalue weighted by Gasteiger charge is 2.47. The molecule has 3 atom stereocenters. The van der Waals surface area contributed by atoms with E-state index in [2.05, 4.69) is 21.9 Å². The number of anilines is 1. The summed E-state index contributed by atoms with van der Waals surface area (Å²) in [5.41, 5.74) is 0.439. The molecule has 46 heavy (non-hydrogen) atoms. The van der Waals surface area contributed by atoms with Crippen molar-refractivity contribution in [3.8, 4) is 28.9 Å². The molecule has 2 aliphatic heterocycles. The minimum Gasteiger partial charge on any atom is -0.508 e. The summed E-state index contributed by atoms with van der Waals surface area (Å²) in [4.78, 5) is 18.4. The van der Waals surface area contributed by atoms with Crippen molar-refractivity contribution in [2.24, 2.45) is 5.41 Å². The molecule has 7 rings (SSSR count). The average molecular weight is 634 g/mol. The van der Waals surface area contributed by atoms with Gasteiger partial charge in [-0.3, -0.25) is 0 Å². The van der Waals surface area contributed by atoms with Gasteiger partial charge in [0.15, 0.2) is 5.82 Å². The number of ether oxygens (including phenoxy) is 2. The van der Waals surface area contributed by atoms with E-state index in [9.17, 15) is 10.2 Å². The van der Waals surface area contributed by atoms with Gasteiger partial charge in [-0.15, -0.1) is 0 Å². The number of aromatic hydroxyl groups is 1. The molecular formula is C35H41F2N5O4. The van der Waals surface area contributed by atoms with E-state index in [1.54, 1.807) is 6.07 Å². The fourth-order valence-electron chi connectivity index (χ4n) is 8.29. The van der Waals surface area contributed by atoms with Crippen LogP contribution in [0.3, 0.4) is 0 Å². The summed E-state index contributed by atoms with van der Waals surface area (Å²) in [5.74, 6) is -0.807. The smallest absolute Gasteiger partial charge is 0.319 e. The van der Waals surface area contributed by atoms with Crippen molar-refractivity contribution >= 4 is 27.5 Å².